The molecule has 0 aromatic carbocycles. The van der Waals surface area contributed by atoms with E-state index in [0.29, 0.717) is 0 Å². The van der Waals surface area contributed by atoms with E-state index in [1.807, 2.05) is 7.05 Å². The number of unbranched alkanes of at least 4 members (excludes halogenated alkanes) is 4. The minimum absolute atomic E-state index is 1.06. The van der Waals surface area contributed by atoms with Gasteiger partial charge in [0.2, 0.25) is 0 Å². The van der Waals surface area contributed by atoms with Crippen LogP contribution in [0, 0.1) is 0 Å². The second-order valence-electron chi connectivity index (χ2n) is 2.45. The molecule has 0 aliphatic heterocycles. The van der Waals surface area contributed by atoms with Gasteiger partial charge in [-0.05, 0) is 6.42 Å². The van der Waals surface area contributed by atoms with Crippen molar-refractivity contribution >= 4 is 0 Å². The van der Waals surface area contributed by atoms with Crippen molar-refractivity contribution in [2.45, 2.75) is 39.0 Å². The van der Waals surface area contributed by atoms with Gasteiger partial charge in [-0.2, -0.15) is 0 Å². The first-order valence-corrected chi connectivity index (χ1v) is 3.97. The van der Waals surface area contributed by atoms with Crippen LogP contribution in [0.4, 0.5) is 0 Å². The summed E-state index contributed by atoms with van der Waals surface area (Å²) < 4.78 is 0. The molecule has 0 atom stereocenters. The topological polar surface area (TPSA) is 14.1 Å². The predicted octanol–water partition coefficient (Wildman–Crippen LogP) is 2.19. The van der Waals surface area contributed by atoms with E-state index in [0.717, 1.165) is 6.54 Å². The van der Waals surface area contributed by atoms with E-state index in [4.69, 9.17) is 0 Å². The number of nitrogens with zero attached hydrogens (tertiary/aromatic N) is 1. The van der Waals surface area contributed by atoms with Crippen molar-refractivity contribution < 1.29 is 0 Å². The van der Waals surface area contributed by atoms with Gasteiger partial charge in [-0.25, -0.2) is 5.32 Å². The fraction of sp³-hybridized carbons (Fsp3) is 1.00. The smallest absolute Gasteiger partial charge is 0.0130 e. The summed E-state index contributed by atoms with van der Waals surface area (Å²) in [5.74, 6) is 0. The number of rotatable bonds is 6. The van der Waals surface area contributed by atoms with Crippen molar-refractivity contribution in [2.75, 3.05) is 13.6 Å². The first-order chi connectivity index (χ1) is 4.41. The Morgan fingerprint density at radius 2 is 1.67 bits per heavy atom. The highest BCUT2D eigenvalue weighted by molar-refractivity contribution is 4.43. The van der Waals surface area contributed by atoms with Crippen LogP contribution < -0.4 is 5.32 Å². The molecule has 0 aromatic rings. The van der Waals surface area contributed by atoms with Gasteiger partial charge in [-0.3, -0.25) is 0 Å². The van der Waals surface area contributed by atoms with Gasteiger partial charge in [0, 0.05) is 13.6 Å². The summed E-state index contributed by atoms with van der Waals surface area (Å²) in [6.45, 7) is 3.30. The van der Waals surface area contributed by atoms with Gasteiger partial charge >= 0.3 is 0 Å². The van der Waals surface area contributed by atoms with Gasteiger partial charge in [0.15, 0.2) is 0 Å². The standard InChI is InChI=1S/C8H18N/c1-3-4-5-6-7-8-9-2/h3-8H2,1-2H3. The third-order valence-electron chi connectivity index (χ3n) is 1.49. The molecule has 1 heteroatoms. The second-order valence-corrected chi connectivity index (χ2v) is 2.45. The summed E-state index contributed by atoms with van der Waals surface area (Å²) in [7, 11) is 1.89. The Balaban J connectivity index is 2.60. The summed E-state index contributed by atoms with van der Waals surface area (Å²) in [6.07, 6.45) is 6.78. The monoisotopic (exact) mass is 128 g/mol. The van der Waals surface area contributed by atoms with Crippen LogP contribution >= 0.6 is 0 Å². The molecule has 0 saturated heterocycles. The van der Waals surface area contributed by atoms with Crippen molar-refractivity contribution in [3.05, 3.63) is 0 Å². The zero-order valence-corrected chi connectivity index (χ0v) is 6.69. The molecule has 0 fully saturated rings. The molecule has 55 valence electrons. The molecule has 0 saturated carbocycles. The molecule has 0 aliphatic carbocycles. The minimum Gasteiger partial charge on any atom is -0.245 e. The molecule has 1 nitrogen and oxygen atoms in total. The molecule has 9 heavy (non-hydrogen) atoms. The highest BCUT2D eigenvalue weighted by Gasteiger charge is 1.85. The van der Waals surface area contributed by atoms with Crippen molar-refractivity contribution in [1.29, 1.82) is 0 Å². The predicted molar refractivity (Wildman–Crippen MR) is 41.7 cm³/mol. The second kappa shape index (κ2) is 7.96. The Morgan fingerprint density at radius 3 is 2.22 bits per heavy atom. The molecule has 0 spiro atoms. The Labute approximate surface area is 58.8 Å². The third-order valence-corrected chi connectivity index (χ3v) is 1.49. The highest BCUT2D eigenvalue weighted by Crippen LogP contribution is 2.00. The maximum Gasteiger partial charge on any atom is 0.0130 e. The SMILES string of the molecule is CCCCCCC[N]C. The Morgan fingerprint density at radius 1 is 1.00 bits per heavy atom. The van der Waals surface area contributed by atoms with Crippen LogP contribution in [0.5, 0.6) is 0 Å². The zero-order valence-electron chi connectivity index (χ0n) is 6.69. The molecular weight excluding hydrogens is 110 g/mol. The van der Waals surface area contributed by atoms with Gasteiger partial charge in [-0.1, -0.05) is 32.6 Å². The molecule has 1 radical (unpaired) electrons. The van der Waals surface area contributed by atoms with E-state index >= 15 is 0 Å². The molecular formula is C8H18N. The van der Waals surface area contributed by atoms with E-state index in [-0.39, 0.29) is 0 Å². The third kappa shape index (κ3) is 7.96. The molecule has 0 aliphatic rings. The van der Waals surface area contributed by atoms with Gasteiger partial charge < -0.3 is 0 Å². The van der Waals surface area contributed by atoms with Crippen LogP contribution in [0.25, 0.3) is 0 Å². The van der Waals surface area contributed by atoms with E-state index in [9.17, 15) is 0 Å². The average Bonchev–Trinajstić information content (AvgIpc) is 1.89. The van der Waals surface area contributed by atoms with Gasteiger partial charge in [0.1, 0.15) is 0 Å². The molecule has 0 N–H and O–H groups in total. The summed E-state index contributed by atoms with van der Waals surface area (Å²) in [4.78, 5) is 0. The fourth-order valence-electron chi connectivity index (χ4n) is 0.873. The molecule has 0 amide bonds. The summed E-state index contributed by atoms with van der Waals surface area (Å²) in [5.41, 5.74) is 0. The van der Waals surface area contributed by atoms with Crippen LogP contribution in [0.2, 0.25) is 0 Å². The van der Waals surface area contributed by atoms with E-state index in [1.165, 1.54) is 32.1 Å². The summed E-state index contributed by atoms with van der Waals surface area (Å²) >= 11 is 0. The molecule has 0 unspecified atom stereocenters. The quantitative estimate of drug-likeness (QED) is 0.487. The number of hydrogen-bond acceptors (Lipinski definition) is 0. The van der Waals surface area contributed by atoms with Crippen LogP contribution in [0.15, 0.2) is 0 Å². The van der Waals surface area contributed by atoms with Crippen molar-refractivity contribution in [1.82, 2.24) is 5.32 Å². The van der Waals surface area contributed by atoms with E-state index in [1.54, 1.807) is 0 Å². The van der Waals surface area contributed by atoms with Crippen LogP contribution in [-0.2, 0) is 0 Å². The lowest BCUT2D eigenvalue weighted by atomic mass is 10.1. The van der Waals surface area contributed by atoms with Crippen molar-refractivity contribution in [3.63, 3.8) is 0 Å². The largest absolute Gasteiger partial charge is 0.245 e. The maximum absolute atomic E-state index is 4.03. The molecule has 0 bridgehead atoms. The molecule has 0 rings (SSSR count). The average molecular weight is 128 g/mol. The van der Waals surface area contributed by atoms with Crippen molar-refractivity contribution in [3.8, 4) is 0 Å². The van der Waals surface area contributed by atoms with Gasteiger partial charge in [-0.15, -0.1) is 0 Å². The Bertz CT molecular complexity index is 37.8. The van der Waals surface area contributed by atoms with E-state index in [2.05, 4.69) is 12.2 Å². The van der Waals surface area contributed by atoms with E-state index < -0.39 is 0 Å². The fourth-order valence-corrected chi connectivity index (χ4v) is 0.873. The lowest BCUT2D eigenvalue weighted by molar-refractivity contribution is 0.607. The van der Waals surface area contributed by atoms with Gasteiger partial charge in [0.05, 0.1) is 0 Å². The van der Waals surface area contributed by atoms with Gasteiger partial charge in [0.25, 0.3) is 0 Å². The minimum atomic E-state index is 1.06. The molecule has 0 heterocycles. The van der Waals surface area contributed by atoms with Crippen molar-refractivity contribution in [2.24, 2.45) is 0 Å². The Hall–Kier alpha value is -0.0400. The van der Waals surface area contributed by atoms with Crippen LogP contribution in [-0.4, -0.2) is 13.6 Å². The van der Waals surface area contributed by atoms with Crippen LogP contribution in [0.3, 0.4) is 0 Å². The lowest BCUT2D eigenvalue weighted by Crippen LogP contribution is -1.98. The van der Waals surface area contributed by atoms with Crippen LogP contribution in [0.1, 0.15) is 39.0 Å². The number of hydrogen-bond donors (Lipinski definition) is 0. The first-order valence-electron chi connectivity index (χ1n) is 3.97. The summed E-state index contributed by atoms with van der Waals surface area (Å²) in [6, 6.07) is 0. The molecule has 0 aromatic heterocycles. The first kappa shape index (κ1) is 8.96. The highest BCUT2D eigenvalue weighted by atomic mass is 14.8. The zero-order chi connectivity index (χ0) is 6.95. The summed E-state index contributed by atoms with van der Waals surface area (Å²) in [5, 5.41) is 4.03. The normalized spacial score (nSPS) is 10.0. The lowest BCUT2D eigenvalue weighted by Gasteiger charge is -1.96. The Kier molecular flexibility index (Phi) is 7.92. The maximum atomic E-state index is 4.03.